The number of nitrogens with one attached hydrogen (secondary N) is 1. The van der Waals surface area contributed by atoms with Crippen molar-refractivity contribution in [1.29, 1.82) is 0 Å². The number of anilines is 1. The Morgan fingerprint density at radius 3 is 2.59 bits per heavy atom. The molecule has 2 aromatic carbocycles. The first kappa shape index (κ1) is 19.6. The summed E-state index contributed by atoms with van der Waals surface area (Å²) in [5.74, 6) is -0.230. The Kier molecular flexibility index (Phi) is 6.66. The molecule has 0 aromatic heterocycles. The summed E-state index contributed by atoms with van der Waals surface area (Å²) in [7, 11) is 0. The SMILES string of the molecule is O=C(CCCN1C(=O)/C(=C\c2ccccc2Cl)SC1=S)Nc1ccccc1. The molecule has 1 aliphatic rings. The number of carbonyl (C=O) groups excluding carboxylic acids is 2. The second-order valence-electron chi connectivity index (χ2n) is 5.87. The van der Waals surface area contributed by atoms with E-state index < -0.39 is 0 Å². The van der Waals surface area contributed by atoms with E-state index in [9.17, 15) is 9.59 Å². The molecule has 2 aromatic rings. The highest BCUT2D eigenvalue weighted by atomic mass is 35.5. The summed E-state index contributed by atoms with van der Waals surface area (Å²) in [6.07, 6.45) is 2.60. The maximum absolute atomic E-state index is 12.6. The Morgan fingerprint density at radius 1 is 1.15 bits per heavy atom. The van der Waals surface area contributed by atoms with Gasteiger partial charge < -0.3 is 5.32 Å². The molecule has 2 amide bonds. The number of para-hydroxylation sites is 1. The second-order valence-corrected chi connectivity index (χ2v) is 7.96. The van der Waals surface area contributed by atoms with E-state index in [-0.39, 0.29) is 11.8 Å². The van der Waals surface area contributed by atoms with Gasteiger partial charge in [0.2, 0.25) is 5.91 Å². The van der Waals surface area contributed by atoms with Gasteiger partial charge in [0.15, 0.2) is 0 Å². The molecular formula is C20H17ClN2O2S2. The molecule has 7 heteroatoms. The van der Waals surface area contributed by atoms with E-state index in [2.05, 4.69) is 5.32 Å². The quantitative estimate of drug-likeness (QED) is 0.534. The van der Waals surface area contributed by atoms with Crippen LogP contribution < -0.4 is 5.32 Å². The predicted octanol–water partition coefficient (Wildman–Crippen LogP) is 4.96. The van der Waals surface area contributed by atoms with Crippen molar-refractivity contribution in [2.45, 2.75) is 12.8 Å². The third kappa shape index (κ3) is 5.19. The van der Waals surface area contributed by atoms with Gasteiger partial charge in [-0.05, 0) is 36.3 Å². The summed E-state index contributed by atoms with van der Waals surface area (Å²) in [6, 6.07) is 16.6. The number of halogens is 1. The van der Waals surface area contributed by atoms with Crippen molar-refractivity contribution >= 4 is 63.5 Å². The minimum Gasteiger partial charge on any atom is -0.326 e. The van der Waals surface area contributed by atoms with Crippen molar-refractivity contribution < 1.29 is 9.59 Å². The van der Waals surface area contributed by atoms with Crippen molar-refractivity contribution in [1.82, 2.24) is 4.90 Å². The summed E-state index contributed by atoms with van der Waals surface area (Å²) >= 11 is 12.7. The Hall–Kier alpha value is -2.15. The lowest BCUT2D eigenvalue weighted by Gasteiger charge is -2.14. The van der Waals surface area contributed by atoms with Gasteiger partial charge >= 0.3 is 0 Å². The lowest BCUT2D eigenvalue weighted by molar-refractivity contribution is -0.122. The Balaban J connectivity index is 1.55. The van der Waals surface area contributed by atoms with Crippen molar-refractivity contribution in [3.63, 3.8) is 0 Å². The first-order valence-corrected chi connectivity index (χ1v) is 9.99. The molecule has 1 heterocycles. The van der Waals surface area contributed by atoms with E-state index in [0.29, 0.717) is 33.6 Å². The van der Waals surface area contributed by atoms with E-state index in [0.717, 1.165) is 11.3 Å². The number of hydrogen-bond donors (Lipinski definition) is 1. The van der Waals surface area contributed by atoms with Gasteiger partial charge in [0.25, 0.3) is 5.91 Å². The predicted molar refractivity (Wildman–Crippen MR) is 116 cm³/mol. The molecule has 0 saturated carbocycles. The smallest absolute Gasteiger partial charge is 0.266 e. The van der Waals surface area contributed by atoms with Crippen LogP contribution in [0.2, 0.25) is 5.02 Å². The molecule has 138 valence electrons. The molecule has 0 radical (unpaired) electrons. The van der Waals surface area contributed by atoms with Gasteiger partial charge in [-0.2, -0.15) is 0 Å². The summed E-state index contributed by atoms with van der Waals surface area (Å²) in [6.45, 7) is 0.409. The van der Waals surface area contributed by atoms with Crippen LogP contribution in [0.1, 0.15) is 18.4 Å². The zero-order valence-electron chi connectivity index (χ0n) is 14.4. The molecule has 1 saturated heterocycles. The topological polar surface area (TPSA) is 49.4 Å². The monoisotopic (exact) mass is 416 g/mol. The highest BCUT2D eigenvalue weighted by Gasteiger charge is 2.31. The largest absolute Gasteiger partial charge is 0.326 e. The highest BCUT2D eigenvalue weighted by molar-refractivity contribution is 8.26. The number of amides is 2. The minimum atomic E-state index is -0.145. The van der Waals surface area contributed by atoms with Gasteiger partial charge in [0.1, 0.15) is 4.32 Å². The fourth-order valence-electron chi connectivity index (χ4n) is 2.57. The fourth-order valence-corrected chi connectivity index (χ4v) is 4.06. The van der Waals surface area contributed by atoms with Gasteiger partial charge in [0.05, 0.1) is 4.91 Å². The number of rotatable bonds is 6. The van der Waals surface area contributed by atoms with Crippen LogP contribution in [0.4, 0.5) is 5.69 Å². The summed E-state index contributed by atoms with van der Waals surface area (Å²) in [5.41, 5.74) is 1.54. The molecule has 1 aliphatic heterocycles. The van der Waals surface area contributed by atoms with Crippen LogP contribution in [0.25, 0.3) is 6.08 Å². The van der Waals surface area contributed by atoms with E-state index in [1.165, 1.54) is 11.8 Å². The zero-order chi connectivity index (χ0) is 19.2. The summed E-state index contributed by atoms with van der Waals surface area (Å²) in [4.78, 5) is 26.7. The van der Waals surface area contributed by atoms with Crippen molar-refractivity contribution in [3.05, 3.63) is 70.1 Å². The standard InChI is InChI=1S/C20H17ClN2O2S2/c21-16-10-5-4-7-14(16)13-17-19(25)23(20(26)27-17)12-6-11-18(24)22-15-8-2-1-3-9-15/h1-5,7-10,13H,6,11-12H2,(H,22,24)/b17-13+. The number of thioether (sulfide) groups is 1. The molecule has 0 bridgehead atoms. The summed E-state index contributed by atoms with van der Waals surface area (Å²) < 4.78 is 0.502. The average Bonchev–Trinajstić information content (AvgIpc) is 2.92. The van der Waals surface area contributed by atoms with Crippen LogP contribution in [0.5, 0.6) is 0 Å². The van der Waals surface area contributed by atoms with Crippen molar-refractivity contribution in [2.75, 3.05) is 11.9 Å². The molecule has 27 heavy (non-hydrogen) atoms. The Bertz CT molecular complexity index is 900. The maximum Gasteiger partial charge on any atom is 0.266 e. The van der Waals surface area contributed by atoms with Crippen LogP contribution in [0, 0.1) is 0 Å². The van der Waals surface area contributed by atoms with E-state index in [4.69, 9.17) is 23.8 Å². The van der Waals surface area contributed by atoms with Gasteiger partial charge in [0, 0.05) is 23.7 Å². The maximum atomic E-state index is 12.6. The number of benzene rings is 2. The minimum absolute atomic E-state index is 0.0850. The first-order chi connectivity index (χ1) is 13.0. The number of carbonyl (C=O) groups is 2. The molecular weight excluding hydrogens is 400 g/mol. The first-order valence-electron chi connectivity index (χ1n) is 8.39. The number of hydrogen-bond acceptors (Lipinski definition) is 4. The van der Waals surface area contributed by atoms with Crippen LogP contribution in [0.15, 0.2) is 59.5 Å². The van der Waals surface area contributed by atoms with E-state index >= 15 is 0 Å². The van der Waals surface area contributed by atoms with Gasteiger partial charge in [-0.25, -0.2) is 0 Å². The fraction of sp³-hybridized carbons (Fsp3) is 0.150. The van der Waals surface area contributed by atoms with Crippen molar-refractivity contribution in [3.8, 4) is 0 Å². The Morgan fingerprint density at radius 2 is 1.85 bits per heavy atom. The lowest BCUT2D eigenvalue weighted by Crippen LogP contribution is -2.29. The average molecular weight is 417 g/mol. The molecule has 1 fully saturated rings. The van der Waals surface area contributed by atoms with Gasteiger partial charge in [-0.3, -0.25) is 14.5 Å². The van der Waals surface area contributed by atoms with E-state index in [1.54, 1.807) is 17.0 Å². The zero-order valence-corrected chi connectivity index (χ0v) is 16.7. The molecule has 1 N–H and O–H groups in total. The van der Waals surface area contributed by atoms with Crippen molar-refractivity contribution in [2.24, 2.45) is 0 Å². The molecule has 0 atom stereocenters. The molecule has 0 aliphatic carbocycles. The van der Waals surface area contributed by atoms with Gasteiger partial charge in [-0.1, -0.05) is 72.0 Å². The third-order valence-electron chi connectivity index (χ3n) is 3.91. The van der Waals surface area contributed by atoms with Crippen LogP contribution >= 0.6 is 35.6 Å². The number of nitrogens with zero attached hydrogens (tertiary/aromatic N) is 1. The highest BCUT2D eigenvalue weighted by Crippen LogP contribution is 2.33. The molecule has 0 spiro atoms. The molecule has 0 unspecified atom stereocenters. The molecule has 4 nitrogen and oxygen atoms in total. The van der Waals surface area contributed by atoms with Gasteiger partial charge in [-0.15, -0.1) is 0 Å². The van der Waals surface area contributed by atoms with Crippen LogP contribution in [0.3, 0.4) is 0 Å². The van der Waals surface area contributed by atoms with Crippen LogP contribution in [-0.2, 0) is 9.59 Å². The lowest BCUT2D eigenvalue weighted by atomic mass is 10.2. The Labute approximate surface area is 172 Å². The summed E-state index contributed by atoms with van der Waals surface area (Å²) in [5, 5.41) is 3.41. The van der Waals surface area contributed by atoms with Crippen LogP contribution in [-0.4, -0.2) is 27.6 Å². The van der Waals surface area contributed by atoms with E-state index in [1.807, 2.05) is 48.5 Å². The molecule has 3 rings (SSSR count). The third-order valence-corrected chi connectivity index (χ3v) is 5.63. The second kappa shape index (κ2) is 9.17. The number of thiocarbonyl (C=S) groups is 1. The normalized spacial score (nSPS) is 15.4.